The third-order valence-electron chi connectivity index (χ3n) is 2.49. The fraction of sp³-hybridized carbons (Fsp3) is 0.417. The average molecular weight is 221 g/mol. The molecule has 0 saturated carbocycles. The van der Waals surface area contributed by atoms with Crippen LogP contribution in [0.4, 0.5) is 16.2 Å². The molecule has 88 valence electrons. The smallest absolute Gasteiger partial charge is 0.319 e. The summed E-state index contributed by atoms with van der Waals surface area (Å²) >= 11 is 0. The van der Waals surface area contributed by atoms with Crippen LogP contribution in [0.15, 0.2) is 12.1 Å². The molecule has 16 heavy (non-hydrogen) atoms. The molecule has 0 radical (unpaired) electrons. The Morgan fingerprint density at radius 2 is 2.06 bits per heavy atom. The number of rotatable bonds is 3. The number of benzene rings is 1. The molecule has 1 aromatic carbocycles. The number of aryl methyl sites for hydroxylation is 1. The van der Waals surface area contributed by atoms with Crippen molar-refractivity contribution in [2.75, 3.05) is 17.6 Å². The van der Waals surface area contributed by atoms with E-state index in [4.69, 9.17) is 5.73 Å². The van der Waals surface area contributed by atoms with Crippen molar-refractivity contribution >= 4 is 17.4 Å². The predicted molar refractivity (Wildman–Crippen MR) is 67.6 cm³/mol. The number of anilines is 2. The summed E-state index contributed by atoms with van der Waals surface area (Å²) in [5.41, 5.74) is 9.21. The first kappa shape index (κ1) is 12.4. The normalized spacial score (nSPS) is 9.94. The number of hydrogen-bond acceptors (Lipinski definition) is 2. The highest BCUT2D eigenvalue weighted by molar-refractivity contribution is 5.92. The van der Waals surface area contributed by atoms with E-state index in [1.54, 1.807) is 0 Å². The van der Waals surface area contributed by atoms with Gasteiger partial charge in [-0.05, 0) is 37.5 Å². The maximum atomic E-state index is 11.5. The summed E-state index contributed by atoms with van der Waals surface area (Å²) in [7, 11) is 0. The molecule has 0 heterocycles. The molecule has 1 aromatic rings. The number of carbonyl (C=O) groups excluding carboxylic acids is 1. The lowest BCUT2D eigenvalue weighted by Crippen LogP contribution is -2.29. The minimum Gasteiger partial charge on any atom is -0.398 e. The van der Waals surface area contributed by atoms with Crippen LogP contribution < -0.4 is 16.4 Å². The van der Waals surface area contributed by atoms with E-state index >= 15 is 0 Å². The Bertz CT molecular complexity index is 388. The first-order chi connectivity index (χ1) is 7.56. The number of amides is 2. The standard InChI is InChI=1S/C12H19N3O/c1-4-7-14-12(16)15-11-8(2)5-6-10(13)9(11)3/h5-6H,4,7,13H2,1-3H3,(H2,14,15,16). The fourth-order valence-electron chi connectivity index (χ4n) is 1.45. The number of hydrogen-bond donors (Lipinski definition) is 3. The SMILES string of the molecule is CCCNC(=O)Nc1c(C)ccc(N)c1C. The second-order valence-corrected chi connectivity index (χ2v) is 3.85. The monoisotopic (exact) mass is 221 g/mol. The molecule has 0 spiro atoms. The van der Waals surface area contributed by atoms with Gasteiger partial charge in [-0.3, -0.25) is 0 Å². The largest absolute Gasteiger partial charge is 0.398 e. The zero-order chi connectivity index (χ0) is 12.1. The minimum absolute atomic E-state index is 0.182. The van der Waals surface area contributed by atoms with Crippen LogP contribution in [0.1, 0.15) is 24.5 Å². The van der Waals surface area contributed by atoms with Crippen LogP contribution in [-0.2, 0) is 0 Å². The summed E-state index contributed by atoms with van der Waals surface area (Å²) in [6.45, 7) is 6.53. The van der Waals surface area contributed by atoms with Gasteiger partial charge in [0.1, 0.15) is 0 Å². The Kier molecular flexibility index (Phi) is 4.17. The van der Waals surface area contributed by atoms with Gasteiger partial charge in [0.25, 0.3) is 0 Å². The first-order valence-electron chi connectivity index (χ1n) is 5.46. The Morgan fingerprint density at radius 3 is 2.69 bits per heavy atom. The van der Waals surface area contributed by atoms with E-state index in [1.807, 2.05) is 32.9 Å². The Labute approximate surface area is 96.2 Å². The van der Waals surface area contributed by atoms with Gasteiger partial charge in [-0.15, -0.1) is 0 Å². The van der Waals surface area contributed by atoms with E-state index in [1.165, 1.54) is 0 Å². The van der Waals surface area contributed by atoms with Crippen molar-refractivity contribution in [2.24, 2.45) is 0 Å². The number of urea groups is 1. The molecule has 4 nitrogen and oxygen atoms in total. The molecule has 0 aliphatic heterocycles. The number of nitrogen functional groups attached to an aromatic ring is 1. The summed E-state index contributed by atoms with van der Waals surface area (Å²) in [6, 6.07) is 3.57. The molecule has 4 heteroatoms. The highest BCUT2D eigenvalue weighted by Gasteiger charge is 2.08. The summed E-state index contributed by atoms with van der Waals surface area (Å²) in [4.78, 5) is 11.5. The highest BCUT2D eigenvalue weighted by Crippen LogP contribution is 2.24. The Balaban J connectivity index is 2.80. The summed E-state index contributed by atoms with van der Waals surface area (Å²) < 4.78 is 0. The zero-order valence-corrected chi connectivity index (χ0v) is 10.1. The molecular formula is C12H19N3O. The topological polar surface area (TPSA) is 67.2 Å². The van der Waals surface area contributed by atoms with Gasteiger partial charge < -0.3 is 16.4 Å². The zero-order valence-electron chi connectivity index (χ0n) is 10.1. The summed E-state index contributed by atoms with van der Waals surface area (Å²) in [5, 5.41) is 5.59. The van der Waals surface area contributed by atoms with E-state index in [2.05, 4.69) is 10.6 Å². The second kappa shape index (κ2) is 5.39. The molecule has 1 rings (SSSR count). The summed E-state index contributed by atoms with van der Waals surface area (Å²) in [6.07, 6.45) is 0.919. The van der Waals surface area contributed by atoms with Crippen molar-refractivity contribution in [2.45, 2.75) is 27.2 Å². The quantitative estimate of drug-likeness (QED) is 0.686. The third-order valence-corrected chi connectivity index (χ3v) is 2.49. The van der Waals surface area contributed by atoms with E-state index in [-0.39, 0.29) is 6.03 Å². The molecule has 0 aromatic heterocycles. The lowest BCUT2D eigenvalue weighted by atomic mass is 10.1. The molecule has 0 bridgehead atoms. The van der Waals surface area contributed by atoms with Gasteiger partial charge in [0.05, 0.1) is 5.69 Å². The van der Waals surface area contributed by atoms with E-state index in [0.717, 1.165) is 23.2 Å². The lowest BCUT2D eigenvalue weighted by molar-refractivity contribution is 0.252. The molecule has 0 aliphatic rings. The van der Waals surface area contributed by atoms with Crippen molar-refractivity contribution < 1.29 is 4.79 Å². The van der Waals surface area contributed by atoms with Crippen LogP contribution in [0.5, 0.6) is 0 Å². The van der Waals surface area contributed by atoms with E-state index < -0.39 is 0 Å². The van der Waals surface area contributed by atoms with Crippen LogP contribution in [0.2, 0.25) is 0 Å². The number of carbonyl (C=O) groups is 1. The van der Waals surface area contributed by atoms with Crippen molar-refractivity contribution in [1.82, 2.24) is 5.32 Å². The van der Waals surface area contributed by atoms with Gasteiger partial charge in [-0.25, -0.2) is 4.79 Å². The van der Waals surface area contributed by atoms with Gasteiger partial charge >= 0.3 is 6.03 Å². The molecule has 0 unspecified atom stereocenters. The number of nitrogens with two attached hydrogens (primary N) is 1. The van der Waals surface area contributed by atoms with Crippen LogP contribution in [-0.4, -0.2) is 12.6 Å². The Hall–Kier alpha value is -1.71. The van der Waals surface area contributed by atoms with Crippen LogP contribution in [0, 0.1) is 13.8 Å². The molecular weight excluding hydrogens is 202 g/mol. The highest BCUT2D eigenvalue weighted by atomic mass is 16.2. The van der Waals surface area contributed by atoms with Gasteiger partial charge in [-0.2, -0.15) is 0 Å². The fourth-order valence-corrected chi connectivity index (χ4v) is 1.45. The molecule has 0 saturated heterocycles. The van der Waals surface area contributed by atoms with Crippen LogP contribution in [0.25, 0.3) is 0 Å². The van der Waals surface area contributed by atoms with Gasteiger partial charge in [-0.1, -0.05) is 13.0 Å². The van der Waals surface area contributed by atoms with Crippen molar-refractivity contribution in [3.05, 3.63) is 23.3 Å². The van der Waals surface area contributed by atoms with Crippen molar-refractivity contribution in [3.8, 4) is 0 Å². The lowest BCUT2D eigenvalue weighted by Gasteiger charge is -2.13. The molecule has 4 N–H and O–H groups in total. The van der Waals surface area contributed by atoms with Gasteiger partial charge in [0.15, 0.2) is 0 Å². The maximum Gasteiger partial charge on any atom is 0.319 e. The van der Waals surface area contributed by atoms with Crippen LogP contribution >= 0.6 is 0 Å². The minimum atomic E-state index is -0.182. The van der Waals surface area contributed by atoms with Crippen LogP contribution in [0.3, 0.4) is 0 Å². The first-order valence-corrected chi connectivity index (χ1v) is 5.46. The molecule has 0 atom stereocenters. The Morgan fingerprint density at radius 1 is 1.38 bits per heavy atom. The predicted octanol–water partition coefficient (Wildman–Crippen LogP) is 2.42. The van der Waals surface area contributed by atoms with E-state index in [9.17, 15) is 4.79 Å². The molecule has 2 amide bonds. The van der Waals surface area contributed by atoms with E-state index in [0.29, 0.717) is 12.2 Å². The van der Waals surface area contributed by atoms with Gasteiger partial charge in [0, 0.05) is 12.2 Å². The van der Waals surface area contributed by atoms with Gasteiger partial charge in [0.2, 0.25) is 0 Å². The maximum absolute atomic E-state index is 11.5. The number of nitrogens with one attached hydrogen (secondary N) is 2. The third kappa shape index (κ3) is 2.89. The van der Waals surface area contributed by atoms with Crippen molar-refractivity contribution in [3.63, 3.8) is 0 Å². The summed E-state index contributed by atoms with van der Waals surface area (Å²) in [5.74, 6) is 0. The second-order valence-electron chi connectivity index (χ2n) is 3.85. The van der Waals surface area contributed by atoms with Crippen molar-refractivity contribution in [1.29, 1.82) is 0 Å². The molecule has 0 fully saturated rings. The molecule has 0 aliphatic carbocycles. The average Bonchev–Trinajstić information content (AvgIpc) is 2.27.